The maximum Gasteiger partial charge on any atom is 0.00980 e. The Labute approximate surface area is 107 Å². The van der Waals surface area contributed by atoms with E-state index in [-0.39, 0.29) is 0 Å². The normalized spacial score (nSPS) is 35.3. The van der Waals surface area contributed by atoms with Crippen molar-refractivity contribution >= 4 is 0 Å². The summed E-state index contributed by atoms with van der Waals surface area (Å²) in [4.78, 5) is 2.80. The van der Waals surface area contributed by atoms with Crippen molar-refractivity contribution in [2.24, 2.45) is 11.8 Å². The molecular formula is C15H30N2. The van der Waals surface area contributed by atoms with Gasteiger partial charge in [0, 0.05) is 12.6 Å². The monoisotopic (exact) mass is 238 g/mol. The molecule has 3 unspecified atom stereocenters. The SMILES string of the molecule is CCNCC1CCN(C2CCCC(CC)C2)C1. The first-order valence-electron chi connectivity index (χ1n) is 7.78. The van der Waals surface area contributed by atoms with Crippen LogP contribution in [0.4, 0.5) is 0 Å². The molecule has 1 saturated carbocycles. The first kappa shape index (κ1) is 13.4. The fourth-order valence-electron chi connectivity index (χ4n) is 3.67. The van der Waals surface area contributed by atoms with Gasteiger partial charge in [0.2, 0.25) is 0 Å². The second-order valence-corrected chi connectivity index (χ2v) is 6.05. The zero-order chi connectivity index (χ0) is 12.1. The Hall–Kier alpha value is -0.0800. The van der Waals surface area contributed by atoms with Crippen LogP contribution >= 0.6 is 0 Å². The maximum atomic E-state index is 3.51. The van der Waals surface area contributed by atoms with Gasteiger partial charge in [0.1, 0.15) is 0 Å². The summed E-state index contributed by atoms with van der Waals surface area (Å²) >= 11 is 0. The Morgan fingerprint density at radius 2 is 2.00 bits per heavy atom. The molecule has 0 aromatic rings. The molecule has 100 valence electrons. The van der Waals surface area contributed by atoms with Gasteiger partial charge in [-0.15, -0.1) is 0 Å². The minimum atomic E-state index is 0.914. The Morgan fingerprint density at radius 3 is 2.76 bits per heavy atom. The molecule has 1 aliphatic heterocycles. The van der Waals surface area contributed by atoms with Crippen LogP contribution in [0, 0.1) is 11.8 Å². The number of hydrogen-bond donors (Lipinski definition) is 1. The molecule has 0 amide bonds. The molecule has 0 spiro atoms. The van der Waals surface area contributed by atoms with E-state index in [0.29, 0.717) is 0 Å². The van der Waals surface area contributed by atoms with E-state index < -0.39 is 0 Å². The molecule has 1 N–H and O–H groups in total. The van der Waals surface area contributed by atoms with Crippen molar-refractivity contribution in [2.45, 2.75) is 58.4 Å². The predicted molar refractivity (Wildman–Crippen MR) is 74.3 cm³/mol. The Balaban J connectivity index is 1.75. The van der Waals surface area contributed by atoms with E-state index >= 15 is 0 Å². The van der Waals surface area contributed by atoms with Gasteiger partial charge in [-0.25, -0.2) is 0 Å². The molecule has 2 aliphatic rings. The third-order valence-corrected chi connectivity index (χ3v) is 4.85. The molecule has 2 fully saturated rings. The second-order valence-electron chi connectivity index (χ2n) is 6.05. The van der Waals surface area contributed by atoms with Crippen LogP contribution in [0.2, 0.25) is 0 Å². The van der Waals surface area contributed by atoms with Crippen LogP contribution in [-0.4, -0.2) is 37.1 Å². The third kappa shape index (κ3) is 3.69. The van der Waals surface area contributed by atoms with Gasteiger partial charge in [0.25, 0.3) is 0 Å². The summed E-state index contributed by atoms with van der Waals surface area (Å²) in [6.07, 6.45) is 8.71. The van der Waals surface area contributed by atoms with Crippen LogP contribution in [0.15, 0.2) is 0 Å². The number of rotatable bonds is 5. The highest BCUT2D eigenvalue weighted by molar-refractivity contribution is 4.86. The van der Waals surface area contributed by atoms with E-state index in [2.05, 4.69) is 24.1 Å². The molecule has 1 saturated heterocycles. The van der Waals surface area contributed by atoms with Crippen molar-refractivity contribution in [3.63, 3.8) is 0 Å². The lowest BCUT2D eigenvalue weighted by Gasteiger charge is -2.35. The van der Waals surface area contributed by atoms with Gasteiger partial charge >= 0.3 is 0 Å². The number of nitrogens with zero attached hydrogens (tertiary/aromatic N) is 1. The van der Waals surface area contributed by atoms with Crippen LogP contribution < -0.4 is 5.32 Å². The van der Waals surface area contributed by atoms with Crippen molar-refractivity contribution in [1.82, 2.24) is 10.2 Å². The molecule has 0 radical (unpaired) electrons. The van der Waals surface area contributed by atoms with Gasteiger partial charge in [0.15, 0.2) is 0 Å². The lowest BCUT2D eigenvalue weighted by atomic mass is 9.83. The first-order chi connectivity index (χ1) is 8.33. The van der Waals surface area contributed by atoms with Crippen LogP contribution in [0.5, 0.6) is 0 Å². The quantitative estimate of drug-likeness (QED) is 0.792. The second kappa shape index (κ2) is 6.75. The molecule has 17 heavy (non-hydrogen) atoms. The van der Waals surface area contributed by atoms with E-state index in [9.17, 15) is 0 Å². The van der Waals surface area contributed by atoms with Crippen molar-refractivity contribution < 1.29 is 0 Å². The molecule has 0 bridgehead atoms. The maximum absolute atomic E-state index is 3.51. The van der Waals surface area contributed by atoms with E-state index in [1.54, 1.807) is 0 Å². The number of likely N-dealkylation sites (tertiary alicyclic amines) is 1. The first-order valence-corrected chi connectivity index (χ1v) is 7.78. The molecule has 2 nitrogen and oxygen atoms in total. The zero-order valence-corrected chi connectivity index (χ0v) is 11.8. The summed E-state index contributed by atoms with van der Waals surface area (Å²) in [5, 5.41) is 3.51. The average Bonchev–Trinajstić information content (AvgIpc) is 2.85. The predicted octanol–water partition coefficient (Wildman–Crippen LogP) is 2.89. The van der Waals surface area contributed by atoms with Crippen LogP contribution in [-0.2, 0) is 0 Å². The summed E-state index contributed by atoms with van der Waals surface area (Å²) in [6, 6.07) is 0.917. The topological polar surface area (TPSA) is 15.3 Å². The smallest absolute Gasteiger partial charge is 0.00980 e. The van der Waals surface area contributed by atoms with Crippen LogP contribution in [0.25, 0.3) is 0 Å². The van der Waals surface area contributed by atoms with E-state index in [0.717, 1.165) is 24.4 Å². The van der Waals surface area contributed by atoms with Crippen molar-refractivity contribution in [2.75, 3.05) is 26.2 Å². The Kier molecular flexibility index (Phi) is 5.30. The van der Waals surface area contributed by atoms with Gasteiger partial charge in [-0.05, 0) is 50.7 Å². The largest absolute Gasteiger partial charge is 0.317 e. The molecular weight excluding hydrogens is 208 g/mol. The number of hydrogen-bond acceptors (Lipinski definition) is 2. The molecule has 1 aliphatic carbocycles. The van der Waals surface area contributed by atoms with Crippen molar-refractivity contribution in [1.29, 1.82) is 0 Å². The fourth-order valence-corrected chi connectivity index (χ4v) is 3.67. The van der Waals surface area contributed by atoms with Crippen LogP contribution in [0.3, 0.4) is 0 Å². The van der Waals surface area contributed by atoms with E-state index in [1.807, 2.05) is 0 Å². The lowest BCUT2D eigenvalue weighted by Crippen LogP contribution is -2.38. The summed E-state index contributed by atoms with van der Waals surface area (Å²) in [6.45, 7) is 9.64. The lowest BCUT2D eigenvalue weighted by molar-refractivity contribution is 0.150. The summed E-state index contributed by atoms with van der Waals surface area (Å²) in [7, 11) is 0. The van der Waals surface area contributed by atoms with Crippen molar-refractivity contribution in [3.8, 4) is 0 Å². The molecule has 1 heterocycles. The minimum Gasteiger partial charge on any atom is -0.317 e. The van der Waals surface area contributed by atoms with Gasteiger partial charge in [-0.1, -0.05) is 33.1 Å². The minimum absolute atomic E-state index is 0.914. The summed E-state index contributed by atoms with van der Waals surface area (Å²) in [5.74, 6) is 1.93. The summed E-state index contributed by atoms with van der Waals surface area (Å²) in [5.41, 5.74) is 0. The summed E-state index contributed by atoms with van der Waals surface area (Å²) < 4.78 is 0. The van der Waals surface area contributed by atoms with Gasteiger partial charge < -0.3 is 10.2 Å². The molecule has 3 atom stereocenters. The molecule has 2 heteroatoms. The Bertz CT molecular complexity index is 217. The van der Waals surface area contributed by atoms with Gasteiger partial charge in [-0.3, -0.25) is 0 Å². The average molecular weight is 238 g/mol. The molecule has 0 aromatic heterocycles. The van der Waals surface area contributed by atoms with E-state index in [4.69, 9.17) is 0 Å². The van der Waals surface area contributed by atoms with Crippen molar-refractivity contribution in [3.05, 3.63) is 0 Å². The van der Waals surface area contributed by atoms with Gasteiger partial charge in [-0.2, -0.15) is 0 Å². The van der Waals surface area contributed by atoms with Gasteiger partial charge in [0.05, 0.1) is 0 Å². The highest BCUT2D eigenvalue weighted by Gasteiger charge is 2.30. The van der Waals surface area contributed by atoms with Crippen LogP contribution in [0.1, 0.15) is 52.4 Å². The number of nitrogens with one attached hydrogen (secondary N) is 1. The highest BCUT2D eigenvalue weighted by atomic mass is 15.2. The zero-order valence-electron chi connectivity index (χ0n) is 11.8. The molecule has 2 rings (SSSR count). The Morgan fingerprint density at radius 1 is 1.12 bits per heavy atom. The molecule has 0 aromatic carbocycles. The van der Waals surface area contributed by atoms with E-state index in [1.165, 1.54) is 58.2 Å². The highest BCUT2D eigenvalue weighted by Crippen LogP contribution is 2.32. The third-order valence-electron chi connectivity index (χ3n) is 4.85. The standard InChI is InChI=1S/C15H30N2/c1-3-13-6-5-7-15(10-13)17-9-8-14(12-17)11-16-4-2/h13-16H,3-12H2,1-2H3. The fraction of sp³-hybridized carbons (Fsp3) is 1.00.